The molecule has 20 heavy (non-hydrogen) atoms. The van der Waals surface area contributed by atoms with Crippen molar-refractivity contribution >= 4 is 5.97 Å². The highest BCUT2D eigenvalue weighted by molar-refractivity contribution is 5.75. The molecule has 0 amide bonds. The van der Waals surface area contributed by atoms with Crippen molar-refractivity contribution in [3.8, 4) is 11.5 Å². The molecule has 0 bridgehead atoms. The van der Waals surface area contributed by atoms with E-state index in [0.29, 0.717) is 18.8 Å². The average Bonchev–Trinajstić information content (AvgIpc) is 2.51. The fraction of sp³-hybridized carbons (Fsp3) is 0.500. The zero-order chi connectivity index (χ0) is 15.0. The lowest BCUT2D eigenvalue weighted by Crippen LogP contribution is -2.56. The summed E-state index contributed by atoms with van der Waals surface area (Å²) in [5.41, 5.74) is 0. The summed E-state index contributed by atoms with van der Waals surface area (Å²) in [5, 5.41) is 13.9. The smallest absolute Gasteiger partial charge is 0.327 e. The Morgan fingerprint density at radius 1 is 1.35 bits per heavy atom. The lowest BCUT2D eigenvalue weighted by molar-refractivity contribution is -0.167. The van der Waals surface area contributed by atoms with E-state index >= 15 is 0 Å². The summed E-state index contributed by atoms with van der Waals surface area (Å²) in [7, 11) is 1.36. The van der Waals surface area contributed by atoms with Gasteiger partial charge in [-0.25, -0.2) is 0 Å². The molecule has 1 fully saturated rings. The highest BCUT2D eigenvalue weighted by atomic mass is 16.7. The molecule has 1 aliphatic heterocycles. The summed E-state index contributed by atoms with van der Waals surface area (Å²) < 4.78 is 4.74. The van der Waals surface area contributed by atoms with Crippen LogP contribution in [0.3, 0.4) is 0 Å². The van der Waals surface area contributed by atoms with Crippen LogP contribution in [0, 0.1) is 0 Å². The monoisotopic (exact) mass is 282 g/mol. The van der Waals surface area contributed by atoms with Crippen LogP contribution in [0.5, 0.6) is 11.5 Å². The molecule has 1 unspecified atom stereocenters. The molecule has 1 heterocycles. The molecule has 112 valence electrons. The molecule has 1 aromatic carbocycles. The minimum absolute atomic E-state index is 0.173. The lowest BCUT2D eigenvalue weighted by Gasteiger charge is -2.33. The largest absolute Gasteiger partial charge is 0.508 e. The number of methoxy groups -OCH3 is 1. The predicted molar refractivity (Wildman–Crippen MR) is 75.5 cm³/mol. The van der Waals surface area contributed by atoms with Gasteiger partial charge in [-0.3, -0.25) is 4.79 Å². The third-order valence-electron chi connectivity index (χ3n) is 2.73. The van der Waals surface area contributed by atoms with Crippen LogP contribution in [0.4, 0.5) is 0 Å². The molecule has 1 atom stereocenters. The Bertz CT molecular complexity index is 408. The van der Waals surface area contributed by atoms with E-state index in [1.807, 2.05) is 13.8 Å². The molecule has 2 N–H and O–H groups in total. The number of nitrogens with one attached hydrogen (secondary N) is 1. The summed E-state index contributed by atoms with van der Waals surface area (Å²) in [5.74, 6) is 0.414. The van der Waals surface area contributed by atoms with Crippen LogP contribution in [-0.2, 0) is 9.53 Å². The van der Waals surface area contributed by atoms with Gasteiger partial charge in [0.1, 0.15) is 11.5 Å². The molecule has 0 aliphatic carbocycles. The molecule has 0 spiro atoms. The van der Waals surface area contributed by atoms with Gasteiger partial charge in [0.2, 0.25) is 0 Å². The number of rotatable bonds is 3. The van der Waals surface area contributed by atoms with Crippen LogP contribution < -0.4 is 10.2 Å². The highest BCUT2D eigenvalue weighted by Gasteiger charge is 2.31. The van der Waals surface area contributed by atoms with Crippen molar-refractivity contribution in [2.24, 2.45) is 0 Å². The van der Waals surface area contributed by atoms with E-state index in [1.165, 1.54) is 19.2 Å². The number of aromatic hydroxyl groups is 1. The van der Waals surface area contributed by atoms with Crippen molar-refractivity contribution in [3.05, 3.63) is 24.3 Å². The normalized spacial score (nSPS) is 18.6. The van der Waals surface area contributed by atoms with Crippen LogP contribution in [0.15, 0.2) is 24.3 Å². The Kier molecular flexibility index (Phi) is 6.83. The van der Waals surface area contributed by atoms with Crippen LogP contribution in [-0.4, -0.2) is 48.9 Å². The molecular formula is C14H22N2O4. The highest BCUT2D eigenvalue weighted by Crippen LogP contribution is 2.18. The maximum Gasteiger partial charge on any atom is 0.327 e. The number of esters is 1. The molecule has 0 saturated carbocycles. The number of hydrogen-bond donors (Lipinski definition) is 2. The van der Waals surface area contributed by atoms with Gasteiger partial charge < -0.3 is 20.0 Å². The summed E-state index contributed by atoms with van der Waals surface area (Å²) in [4.78, 5) is 17.2. The van der Waals surface area contributed by atoms with Crippen molar-refractivity contribution in [2.75, 3.05) is 26.7 Å². The first-order valence-corrected chi connectivity index (χ1v) is 6.73. The Balaban J connectivity index is 0.000000956. The number of carbonyl (C=O) groups is 1. The van der Waals surface area contributed by atoms with E-state index < -0.39 is 6.04 Å². The van der Waals surface area contributed by atoms with Crippen molar-refractivity contribution < 1.29 is 19.5 Å². The molecular weight excluding hydrogens is 260 g/mol. The van der Waals surface area contributed by atoms with Crippen LogP contribution in [0.1, 0.15) is 13.8 Å². The Labute approximate surface area is 119 Å². The molecule has 1 saturated heterocycles. The van der Waals surface area contributed by atoms with Gasteiger partial charge in [0.15, 0.2) is 6.04 Å². The number of ether oxygens (including phenoxy) is 1. The Hall–Kier alpha value is -1.79. The van der Waals surface area contributed by atoms with Crippen LogP contribution in [0.25, 0.3) is 0 Å². The first-order valence-electron chi connectivity index (χ1n) is 6.73. The van der Waals surface area contributed by atoms with Crippen LogP contribution in [0.2, 0.25) is 0 Å². The second-order valence-corrected chi connectivity index (χ2v) is 3.97. The number of hydroxylamine groups is 2. The van der Waals surface area contributed by atoms with Gasteiger partial charge in [0, 0.05) is 19.6 Å². The summed E-state index contributed by atoms with van der Waals surface area (Å²) in [6.07, 6.45) is 0. The van der Waals surface area contributed by atoms with Gasteiger partial charge in [-0.05, 0) is 24.3 Å². The van der Waals surface area contributed by atoms with Gasteiger partial charge in [-0.2, -0.15) is 0 Å². The number of hydrogen-bond acceptors (Lipinski definition) is 6. The number of benzene rings is 1. The zero-order valence-corrected chi connectivity index (χ0v) is 12.1. The maximum absolute atomic E-state index is 11.6. The first-order chi connectivity index (χ1) is 9.70. The summed E-state index contributed by atoms with van der Waals surface area (Å²) in [6, 6.07) is 5.89. The van der Waals surface area contributed by atoms with Gasteiger partial charge in [-0.1, -0.05) is 13.8 Å². The summed E-state index contributed by atoms with van der Waals surface area (Å²) in [6.45, 7) is 5.82. The fourth-order valence-corrected chi connectivity index (χ4v) is 1.77. The second kappa shape index (κ2) is 8.39. The molecule has 0 radical (unpaired) electrons. The number of carbonyl (C=O) groups excluding carboxylic acids is 1. The van der Waals surface area contributed by atoms with E-state index in [1.54, 1.807) is 17.2 Å². The van der Waals surface area contributed by atoms with Crippen molar-refractivity contribution in [1.29, 1.82) is 0 Å². The Morgan fingerprint density at radius 3 is 2.60 bits per heavy atom. The van der Waals surface area contributed by atoms with Crippen molar-refractivity contribution in [2.45, 2.75) is 19.9 Å². The minimum atomic E-state index is -0.461. The molecule has 1 aliphatic rings. The number of nitrogens with zero attached hydrogens (tertiary/aromatic N) is 1. The molecule has 6 heteroatoms. The lowest BCUT2D eigenvalue weighted by atomic mass is 10.2. The van der Waals surface area contributed by atoms with E-state index in [0.717, 1.165) is 6.54 Å². The SMILES string of the molecule is CC.COC(=O)C1CNCCN1Oc1ccc(O)cc1. The number of phenols is 1. The minimum Gasteiger partial charge on any atom is -0.508 e. The first kappa shape index (κ1) is 16.3. The molecule has 2 rings (SSSR count). The van der Waals surface area contributed by atoms with E-state index in [2.05, 4.69) is 5.32 Å². The average molecular weight is 282 g/mol. The van der Waals surface area contributed by atoms with Gasteiger partial charge in [0.05, 0.1) is 7.11 Å². The fourth-order valence-electron chi connectivity index (χ4n) is 1.77. The third kappa shape index (κ3) is 4.40. The van der Waals surface area contributed by atoms with Gasteiger partial charge in [-0.15, -0.1) is 5.06 Å². The predicted octanol–water partition coefficient (Wildman–Crippen LogP) is 1.16. The summed E-state index contributed by atoms with van der Waals surface area (Å²) >= 11 is 0. The number of phenolic OH excluding ortho intramolecular Hbond substituents is 1. The molecule has 1 aromatic rings. The molecule has 0 aromatic heterocycles. The Morgan fingerprint density at radius 2 is 2.00 bits per heavy atom. The maximum atomic E-state index is 11.6. The van der Waals surface area contributed by atoms with E-state index in [-0.39, 0.29) is 11.7 Å². The van der Waals surface area contributed by atoms with Crippen molar-refractivity contribution in [3.63, 3.8) is 0 Å². The van der Waals surface area contributed by atoms with E-state index in [4.69, 9.17) is 9.57 Å². The number of piperazine rings is 1. The van der Waals surface area contributed by atoms with Crippen molar-refractivity contribution in [1.82, 2.24) is 10.4 Å². The zero-order valence-electron chi connectivity index (χ0n) is 12.1. The molecule has 6 nitrogen and oxygen atoms in total. The van der Waals surface area contributed by atoms with Gasteiger partial charge >= 0.3 is 5.97 Å². The standard InChI is InChI=1S/C12H16N2O4.C2H6/c1-17-12(16)11-8-13-6-7-14(11)18-10-4-2-9(15)3-5-10;1-2/h2-5,11,13,15H,6-8H2,1H3;1-2H3. The van der Waals surface area contributed by atoms with Crippen LogP contribution >= 0.6 is 0 Å². The van der Waals surface area contributed by atoms with Gasteiger partial charge in [0.25, 0.3) is 0 Å². The quantitative estimate of drug-likeness (QED) is 0.811. The van der Waals surface area contributed by atoms with E-state index in [9.17, 15) is 9.90 Å². The third-order valence-corrected chi connectivity index (χ3v) is 2.73. The second-order valence-electron chi connectivity index (χ2n) is 3.97. The topological polar surface area (TPSA) is 71.0 Å².